The molecule has 0 aliphatic carbocycles. The number of nitrogen functional groups attached to an aromatic ring is 1. The lowest BCUT2D eigenvalue weighted by Gasteiger charge is -2.28. The number of aromatic nitrogens is 6. The maximum Gasteiger partial charge on any atom is 0.219 e. The van der Waals surface area contributed by atoms with Crippen LogP contribution in [0.4, 0.5) is 11.8 Å². The van der Waals surface area contributed by atoms with Crippen LogP contribution in [0.2, 0.25) is 0 Å². The predicted octanol–water partition coefficient (Wildman–Crippen LogP) is 0.312. The van der Waals surface area contributed by atoms with Crippen LogP contribution in [0, 0.1) is 0 Å². The van der Waals surface area contributed by atoms with Gasteiger partial charge >= 0.3 is 0 Å². The minimum atomic E-state index is -1.19. The summed E-state index contributed by atoms with van der Waals surface area (Å²) in [4.78, 5) is 24.4. The Hall–Kier alpha value is -2.89. The highest BCUT2D eigenvalue weighted by molar-refractivity contribution is 5.86. The summed E-state index contributed by atoms with van der Waals surface area (Å²) in [5, 5.41) is 20.1. The molecule has 160 valence electrons. The fourth-order valence-electron chi connectivity index (χ4n) is 3.47. The van der Waals surface area contributed by atoms with E-state index >= 15 is 0 Å². The number of imidazole rings is 1. The van der Waals surface area contributed by atoms with Crippen LogP contribution >= 0.6 is 0 Å². The van der Waals surface area contributed by atoms with Gasteiger partial charge in [0, 0.05) is 38.6 Å². The summed E-state index contributed by atoms with van der Waals surface area (Å²) in [6, 6.07) is 0. The maximum atomic E-state index is 10.7. The molecule has 30 heavy (non-hydrogen) atoms. The Balaban J connectivity index is 1.96. The molecular weight excluding hydrogens is 388 g/mol. The molecule has 1 fully saturated rings. The van der Waals surface area contributed by atoms with Gasteiger partial charge in [-0.15, -0.1) is 0 Å². The van der Waals surface area contributed by atoms with Crippen molar-refractivity contribution in [3.63, 3.8) is 0 Å². The van der Waals surface area contributed by atoms with E-state index in [0.717, 1.165) is 0 Å². The lowest BCUT2D eigenvalue weighted by molar-refractivity contribution is 0.0647. The molecule has 0 aromatic carbocycles. The van der Waals surface area contributed by atoms with E-state index in [4.69, 9.17) is 25.4 Å². The highest BCUT2D eigenvalue weighted by Gasteiger charge is 2.29. The van der Waals surface area contributed by atoms with Crippen molar-refractivity contribution in [2.24, 2.45) is 0 Å². The zero-order chi connectivity index (χ0) is 21.3. The van der Waals surface area contributed by atoms with Gasteiger partial charge in [0.05, 0.1) is 18.8 Å². The summed E-state index contributed by atoms with van der Waals surface area (Å²) >= 11 is 0. The molecule has 4 heterocycles. The molecule has 3 aromatic rings. The number of hydrogen-bond acceptors (Lipinski definition) is 10. The molecule has 1 aliphatic rings. The standard InChI is InChI=1S/C19H26N8O3/c1-19(2,29)17-23-13-15(26-5-8-30-9-6-26)24-14(12-10-21-18(20)22-11-12)25-16(13)27(17)4-3-7-28/h10-11,28-29H,3-9H2,1-2H3,(H2,20,21,22). The van der Waals surface area contributed by atoms with E-state index in [9.17, 15) is 10.2 Å². The van der Waals surface area contributed by atoms with Crippen molar-refractivity contribution in [3.05, 3.63) is 18.2 Å². The van der Waals surface area contributed by atoms with Gasteiger partial charge in [-0.05, 0) is 20.3 Å². The Bertz CT molecular complexity index is 1020. The first-order valence-electron chi connectivity index (χ1n) is 9.91. The Morgan fingerprint density at radius 2 is 1.83 bits per heavy atom. The van der Waals surface area contributed by atoms with Crippen LogP contribution < -0.4 is 10.6 Å². The molecule has 4 N–H and O–H groups in total. The molecule has 3 aromatic heterocycles. The quantitative estimate of drug-likeness (QED) is 0.514. The number of ether oxygens (including phenoxy) is 1. The molecule has 1 saturated heterocycles. The van der Waals surface area contributed by atoms with E-state index in [1.54, 1.807) is 26.2 Å². The number of fused-ring (bicyclic) bond motifs is 1. The number of nitrogens with two attached hydrogens (primary N) is 1. The molecular formula is C19H26N8O3. The minimum Gasteiger partial charge on any atom is -0.396 e. The summed E-state index contributed by atoms with van der Waals surface area (Å²) in [7, 11) is 0. The normalized spacial score (nSPS) is 15.1. The number of morpholine rings is 1. The molecule has 0 amide bonds. The van der Waals surface area contributed by atoms with E-state index < -0.39 is 5.60 Å². The SMILES string of the molecule is CC(C)(O)c1nc2c(N3CCOCC3)nc(-c3cnc(N)nc3)nc2n1CCCO. The van der Waals surface area contributed by atoms with Crippen LogP contribution in [-0.4, -0.2) is 72.6 Å². The van der Waals surface area contributed by atoms with Crippen molar-refractivity contribution in [1.29, 1.82) is 0 Å². The predicted molar refractivity (Wildman–Crippen MR) is 111 cm³/mol. The average Bonchev–Trinajstić information content (AvgIpc) is 3.12. The largest absolute Gasteiger partial charge is 0.396 e. The molecule has 4 rings (SSSR count). The third kappa shape index (κ3) is 3.91. The van der Waals surface area contributed by atoms with Crippen LogP contribution in [0.15, 0.2) is 12.4 Å². The van der Waals surface area contributed by atoms with E-state index in [-0.39, 0.29) is 12.6 Å². The summed E-state index contributed by atoms with van der Waals surface area (Å²) in [6.07, 6.45) is 3.67. The van der Waals surface area contributed by atoms with E-state index in [2.05, 4.69) is 14.9 Å². The molecule has 0 spiro atoms. The van der Waals surface area contributed by atoms with Gasteiger partial charge in [0.25, 0.3) is 0 Å². The second kappa shape index (κ2) is 8.09. The molecule has 0 unspecified atom stereocenters. The Morgan fingerprint density at radius 1 is 1.13 bits per heavy atom. The molecule has 11 heteroatoms. The monoisotopic (exact) mass is 414 g/mol. The zero-order valence-corrected chi connectivity index (χ0v) is 17.1. The van der Waals surface area contributed by atoms with Gasteiger partial charge in [-0.3, -0.25) is 0 Å². The second-order valence-electron chi connectivity index (χ2n) is 7.70. The first-order chi connectivity index (χ1) is 14.4. The van der Waals surface area contributed by atoms with Gasteiger partial charge < -0.3 is 30.2 Å². The third-order valence-electron chi connectivity index (χ3n) is 4.90. The van der Waals surface area contributed by atoms with Crippen LogP contribution in [0.1, 0.15) is 26.1 Å². The summed E-state index contributed by atoms with van der Waals surface area (Å²) < 4.78 is 7.33. The third-order valence-corrected chi connectivity index (χ3v) is 4.90. The maximum absolute atomic E-state index is 10.7. The van der Waals surface area contributed by atoms with Crippen molar-refractivity contribution >= 4 is 22.9 Å². The summed E-state index contributed by atoms with van der Waals surface area (Å²) in [5.74, 6) is 1.76. The van der Waals surface area contributed by atoms with Crippen LogP contribution in [0.3, 0.4) is 0 Å². The van der Waals surface area contributed by atoms with Gasteiger partial charge in [-0.1, -0.05) is 0 Å². The van der Waals surface area contributed by atoms with Gasteiger partial charge in [0.15, 0.2) is 22.8 Å². The van der Waals surface area contributed by atoms with Crippen molar-refractivity contribution in [2.45, 2.75) is 32.4 Å². The van der Waals surface area contributed by atoms with E-state index in [0.29, 0.717) is 73.5 Å². The van der Waals surface area contributed by atoms with Crippen molar-refractivity contribution in [2.75, 3.05) is 43.5 Å². The number of anilines is 2. The molecule has 0 bridgehead atoms. The zero-order valence-electron chi connectivity index (χ0n) is 17.1. The molecule has 0 saturated carbocycles. The summed E-state index contributed by atoms with van der Waals surface area (Å²) in [5.41, 5.74) is 6.25. The van der Waals surface area contributed by atoms with Gasteiger partial charge in [-0.25, -0.2) is 24.9 Å². The molecule has 1 aliphatic heterocycles. The molecule has 0 radical (unpaired) electrons. The fraction of sp³-hybridized carbons (Fsp3) is 0.526. The topological polar surface area (TPSA) is 148 Å². The Labute approximate surface area is 173 Å². The number of hydrogen-bond donors (Lipinski definition) is 3. The summed E-state index contributed by atoms with van der Waals surface area (Å²) in [6.45, 7) is 6.37. The average molecular weight is 414 g/mol. The Kier molecular flexibility index (Phi) is 5.50. The van der Waals surface area contributed by atoms with E-state index in [1.165, 1.54) is 0 Å². The van der Waals surface area contributed by atoms with Crippen molar-refractivity contribution in [3.8, 4) is 11.4 Å². The lowest BCUT2D eigenvalue weighted by atomic mass is 10.1. The van der Waals surface area contributed by atoms with Gasteiger partial charge in [0.1, 0.15) is 11.4 Å². The van der Waals surface area contributed by atoms with Crippen molar-refractivity contribution < 1.29 is 14.9 Å². The second-order valence-corrected chi connectivity index (χ2v) is 7.70. The Morgan fingerprint density at radius 3 is 2.47 bits per heavy atom. The van der Waals surface area contributed by atoms with E-state index in [1.807, 2.05) is 4.57 Å². The first-order valence-corrected chi connectivity index (χ1v) is 9.91. The van der Waals surface area contributed by atoms with Gasteiger partial charge in [-0.2, -0.15) is 0 Å². The minimum absolute atomic E-state index is 0.0189. The van der Waals surface area contributed by atoms with Crippen LogP contribution in [0.25, 0.3) is 22.6 Å². The highest BCUT2D eigenvalue weighted by atomic mass is 16.5. The highest BCUT2D eigenvalue weighted by Crippen LogP contribution is 2.31. The number of nitrogens with zero attached hydrogens (tertiary/aromatic N) is 7. The lowest BCUT2D eigenvalue weighted by Crippen LogP contribution is -2.37. The van der Waals surface area contributed by atoms with Crippen molar-refractivity contribution in [1.82, 2.24) is 29.5 Å². The smallest absolute Gasteiger partial charge is 0.219 e. The van der Waals surface area contributed by atoms with Gasteiger partial charge in [0.2, 0.25) is 5.95 Å². The number of rotatable bonds is 6. The van der Waals surface area contributed by atoms with Crippen LogP contribution in [0.5, 0.6) is 0 Å². The number of aryl methyl sites for hydroxylation is 1. The first kappa shape index (κ1) is 20.4. The molecule has 11 nitrogen and oxygen atoms in total. The number of aliphatic hydroxyl groups excluding tert-OH is 1. The fourth-order valence-corrected chi connectivity index (χ4v) is 3.47. The van der Waals surface area contributed by atoms with Crippen LogP contribution in [-0.2, 0) is 16.9 Å². The molecule has 0 atom stereocenters. The number of aliphatic hydroxyl groups is 2.